The van der Waals surface area contributed by atoms with E-state index >= 15 is 0 Å². The molecule has 0 saturated heterocycles. The topological polar surface area (TPSA) is 85.5 Å². The molecule has 142 valence electrons. The fourth-order valence-corrected chi connectivity index (χ4v) is 4.30. The van der Waals surface area contributed by atoms with Crippen LogP contribution in [0.4, 0.5) is 5.69 Å². The third-order valence-corrected chi connectivity index (χ3v) is 5.29. The molecule has 0 aliphatic rings. The Morgan fingerprint density at radius 1 is 1.15 bits per heavy atom. The molecule has 26 heavy (non-hydrogen) atoms. The number of amides is 1. The molecule has 1 amide bonds. The second-order valence-electron chi connectivity index (χ2n) is 7.09. The van der Waals surface area contributed by atoms with E-state index < -0.39 is 12.1 Å². The minimum absolute atomic E-state index is 0.0212. The zero-order chi connectivity index (χ0) is 19.8. The van der Waals surface area contributed by atoms with Crippen LogP contribution in [0.25, 0.3) is 10.2 Å². The van der Waals surface area contributed by atoms with E-state index in [1.807, 2.05) is 47.6 Å². The Labute approximate surface area is 158 Å². The summed E-state index contributed by atoms with van der Waals surface area (Å²) in [4.78, 5) is 32.4. The first-order chi connectivity index (χ1) is 12.0. The van der Waals surface area contributed by atoms with Gasteiger partial charge in [-0.05, 0) is 60.1 Å². The van der Waals surface area contributed by atoms with Crippen LogP contribution < -0.4 is 5.73 Å². The molecule has 2 rings (SSSR count). The normalized spacial score (nSPS) is 12.7. The maximum atomic E-state index is 12.7. The second-order valence-corrected chi connectivity index (χ2v) is 8.09. The Kier molecular flexibility index (Phi) is 5.91. The van der Waals surface area contributed by atoms with Gasteiger partial charge in [-0.25, -0.2) is 9.78 Å². The number of anilines is 1. The summed E-state index contributed by atoms with van der Waals surface area (Å²) in [5, 5.41) is 0.775. The number of esters is 1. The molecule has 0 spiro atoms. The molecular weight excluding hydrogens is 350 g/mol. The maximum absolute atomic E-state index is 12.7. The van der Waals surface area contributed by atoms with Crippen LogP contribution in [0.3, 0.4) is 0 Å². The number of aromatic nitrogens is 1. The molecule has 7 heteroatoms. The van der Waals surface area contributed by atoms with Crippen LogP contribution in [0, 0.1) is 13.8 Å². The number of pyridine rings is 1. The highest BCUT2D eigenvalue weighted by atomic mass is 32.1. The summed E-state index contributed by atoms with van der Waals surface area (Å²) in [6.07, 6.45) is -0.882. The first-order valence-electron chi connectivity index (χ1n) is 8.73. The number of fused-ring (bicyclic) bond motifs is 1. The molecule has 2 aromatic rings. The van der Waals surface area contributed by atoms with Gasteiger partial charge in [-0.15, -0.1) is 11.3 Å². The van der Waals surface area contributed by atoms with Crippen molar-refractivity contribution in [3.63, 3.8) is 0 Å². The van der Waals surface area contributed by atoms with E-state index in [2.05, 4.69) is 4.98 Å². The third-order valence-electron chi connectivity index (χ3n) is 4.21. The molecule has 0 bridgehead atoms. The molecule has 0 radical (unpaired) electrons. The van der Waals surface area contributed by atoms with Crippen LogP contribution in [0.5, 0.6) is 0 Å². The number of hydrogen-bond donors (Lipinski definition) is 1. The fourth-order valence-electron chi connectivity index (χ4n) is 3.20. The van der Waals surface area contributed by atoms with Crippen molar-refractivity contribution in [3.05, 3.63) is 22.2 Å². The SMILES string of the molecule is Cc1cc(C)c2c(N)c(C(=O)OC(C)C(=O)N(C(C)C)C(C)C)sc2n1. The summed E-state index contributed by atoms with van der Waals surface area (Å²) in [6.45, 7) is 13.2. The molecular formula is C19H27N3O3S. The van der Waals surface area contributed by atoms with E-state index in [1.165, 1.54) is 11.3 Å². The Bertz CT molecular complexity index is 834. The molecule has 2 aromatic heterocycles. The van der Waals surface area contributed by atoms with Gasteiger partial charge < -0.3 is 15.4 Å². The van der Waals surface area contributed by atoms with E-state index in [-0.39, 0.29) is 18.0 Å². The van der Waals surface area contributed by atoms with Gasteiger partial charge >= 0.3 is 5.97 Å². The quantitative estimate of drug-likeness (QED) is 0.803. The lowest BCUT2D eigenvalue weighted by molar-refractivity contribution is -0.143. The molecule has 0 saturated carbocycles. The number of nitrogens with two attached hydrogens (primary N) is 1. The minimum Gasteiger partial charge on any atom is -0.448 e. The lowest BCUT2D eigenvalue weighted by atomic mass is 10.1. The van der Waals surface area contributed by atoms with Gasteiger partial charge in [-0.1, -0.05) is 0 Å². The molecule has 1 unspecified atom stereocenters. The van der Waals surface area contributed by atoms with E-state index in [0.717, 1.165) is 16.6 Å². The van der Waals surface area contributed by atoms with Gasteiger partial charge in [0.05, 0.1) is 5.69 Å². The smallest absolute Gasteiger partial charge is 0.351 e. The van der Waals surface area contributed by atoms with Crippen molar-refractivity contribution in [1.82, 2.24) is 9.88 Å². The Morgan fingerprint density at radius 3 is 2.27 bits per heavy atom. The molecule has 2 N–H and O–H groups in total. The fraction of sp³-hybridized carbons (Fsp3) is 0.526. The highest BCUT2D eigenvalue weighted by Gasteiger charge is 2.29. The molecule has 0 fully saturated rings. The second kappa shape index (κ2) is 7.61. The first kappa shape index (κ1) is 20.2. The number of rotatable bonds is 5. The van der Waals surface area contributed by atoms with E-state index in [0.29, 0.717) is 15.4 Å². The molecule has 2 heterocycles. The van der Waals surface area contributed by atoms with Crippen LogP contribution in [-0.4, -0.2) is 39.9 Å². The third kappa shape index (κ3) is 3.82. The van der Waals surface area contributed by atoms with Gasteiger partial charge in [0.15, 0.2) is 6.10 Å². The highest BCUT2D eigenvalue weighted by molar-refractivity contribution is 7.21. The minimum atomic E-state index is -0.882. The highest BCUT2D eigenvalue weighted by Crippen LogP contribution is 2.35. The van der Waals surface area contributed by atoms with Gasteiger partial charge in [-0.2, -0.15) is 0 Å². The number of nitrogens with zero attached hydrogens (tertiary/aromatic N) is 2. The average molecular weight is 378 g/mol. The van der Waals surface area contributed by atoms with Crippen molar-refractivity contribution in [2.75, 3.05) is 5.73 Å². The predicted octanol–water partition coefficient (Wildman–Crippen LogP) is 3.69. The maximum Gasteiger partial charge on any atom is 0.351 e. The molecule has 1 atom stereocenters. The standard InChI is InChI=1S/C19H27N3O3S/c1-9(2)22(10(3)4)18(23)13(7)25-19(24)16-15(20)14-11(5)8-12(6)21-17(14)26-16/h8-10,13H,20H2,1-7H3. The number of aryl methyl sites for hydroxylation is 2. The average Bonchev–Trinajstić information content (AvgIpc) is 2.83. The van der Waals surface area contributed by atoms with Gasteiger partial charge in [0.1, 0.15) is 9.71 Å². The van der Waals surface area contributed by atoms with Crippen LogP contribution in [-0.2, 0) is 9.53 Å². The Balaban J connectivity index is 2.27. The van der Waals surface area contributed by atoms with E-state index in [1.54, 1.807) is 11.8 Å². The van der Waals surface area contributed by atoms with E-state index in [9.17, 15) is 9.59 Å². The van der Waals surface area contributed by atoms with Gasteiger partial charge in [0.2, 0.25) is 0 Å². The molecule has 0 aliphatic heterocycles. The van der Waals surface area contributed by atoms with E-state index in [4.69, 9.17) is 10.5 Å². The van der Waals surface area contributed by atoms with Crippen molar-refractivity contribution >= 4 is 39.1 Å². The number of thiophene rings is 1. The number of carbonyl (C=O) groups excluding carboxylic acids is 2. The van der Waals surface area contributed by atoms with Gasteiger partial charge in [0.25, 0.3) is 5.91 Å². The number of ether oxygens (including phenoxy) is 1. The first-order valence-corrected chi connectivity index (χ1v) is 9.55. The lowest BCUT2D eigenvalue weighted by Gasteiger charge is -2.32. The van der Waals surface area contributed by atoms with Crippen molar-refractivity contribution in [3.8, 4) is 0 Å². The molecule has 0 aromatic carbocycles. The Morgan fingerprint density at radius 2 is 1.73 bits per heavy atom. The van der Waals surface area contributed by atoms with Crippen molar-refractivity contribution in [2.45, 2.75) is 66.7 Å². The molecule has 0 aliphatic carbocycles. The Hall–Kier alpha value is -2.15. The molecule has 6 nitrogen and oxygen atoms in total. The van der Waals surface area contributed by atoms with Crippen LogP contribution >= 0.6 is 11.3 Å². The van der Waals surface area contributed by atoms with Gasteiger partial charge in [0, 0.05) is 23.2 Å². The monoisotopic (exact) mass is 377 g/mol. The summed E-state index contributed by atoms with van der Waals surface area (Å²) in [7, 11) is 0. The largest absolute Gasteiger partial charge is 0.448 e. The predicted molar refractivity (Wildman–Crippen MR) is 106 cm³/mol. The number of hydrogen-bond acceptors (Lipinski definition) is 6. The summed E-state index contributed by atoms with van der Waals surface area (Å²) in [5.74, 6) is -0.802. The van der Waals surface area contributed by atoms with Crippen molar-refractivity contribution in [2.24, 2.45) is 0 Å². The van der Waals surface area contributed by atoms with Crippen molar-refractivity contribution < 1.29 is 14.3 Å². The summed E-state index contributed by atoms with van der Waals surface area (Å²) in [6, 6.07) is 1.97. The van der Waals surface area contributed by atoms with Crippen LogP contribution in [0.15, 0.2) is 6.07 Å². The van der Waals surface area contributed by atoms with Gasteiger partial charge in [-0.3, -0.25) is 4.79 Å². The summed E-state index contributed by atoms with van der Waals surface area (Å²) < 4.78 is 5.43. The summed E-state index contributed by atoms with van der Waals surface area (Å²) in [5.41, 5.74) is 8.37. The summed E-state index contributed by atoms with van der Waals surface area (Å²) >= 11 is 1.20. The zero-order valence-corrected chi connectivity index (χ0v) is 17.2. The number of nitrogen functional groups attached to an aromatic ring is 1. The number of carbonyl (C=O) groups is 2. The van der Waals surface area contributed by atoms with Crippen LogP contribution in [0.1, 0.15) is 55.5 Å². The lowest BCUT2D eigenvalue weighted by Crippen LogP contribution is -2.47. The zero-order valence-electron chi connectivity index (χ0n) is 16.4. The van der Waals surface area contributed by atoms with Crippen molar-refractivity contribution in [1.29, 1.82) is 0 Å². The van der Waals surface area contributed by atoms with Crippen LogP contribution in [0.2, 0.25) is 0 Å².